The van der Waals surface area contributed by atoms with Crippen molar-refractivity contribution in [3.8, 4) is 0 Å². The summed E-state index contributed by atoms with van der Waals surface area (Å²) in [5.41, 5.74) is 0. The molecule has 0 unspecified atom stereocenters. The molecule has 0 saturated heterocycles. The fraction of sp³-hybridized carbons (Fsp3) is 0. The molecule has 104 valence electrons. The van der Waals surface area contributed by atoms with E-state index in [1.165, 1.54) is 41.1 Å². The Hall–Kier alpha value is -1.90. The zero-order valence-corrected chi connectivity index (χ0v) is 13.4. The van der Waals surface area contributed by atoms with E-state index in [1.54, 1.807) is 0 Å². The standard InChI is InChI=1S/C20H12S2/c1-2-6-14-10-18-17(9-13(14)5-1)21-19-11-15-7-3-4-8-16(15)12-20(19)22-18/h1-12H. The molecule has 0 nitrogen and oxygen atoms in total. The molecule has 0 radical (unpaired) electrons. The van der Waals surface area contributed by atoms with Gasteiger partial charge in [-0.05, 0) is 45.8 Å². The van der Waals surface area contributed by atoms with E-state index in [4.69, 9.17) is 0 Å². The highest BCUT2D eigenvalue weighted by Crippen LogP contribution is 2.50. The molecule has 0 atom stereocenters. The second kappa shape index (κ2) is 4.80. The summed E-state index contributed by atoms with van der Waals surface area (Å²) in [5, 5.41) is 5.27. The summed E-state index contributed by atoms with van der Waals surface area (Å²) >= 11 is 3.78. The predicted molar refractivity (Wildman–Crippen MR) is 96.1 cm³/mol. The lowest BCUT2D eigenvalue weighted by Crippen LogP contribution is -1.90. The maximum absolute atomic E-state index is 2.32. The molecular weight excluding hydrogens is 304 g/mol. The minimum Gasteiger partial charge on any atom is -0.0877 e. The molecule has 2 heteroatoms. The first kappa shape index (κ1) is 12.6. The molecule has 1 aliphatic heterocycles. The third-order valence-electron chi connectivity index (χ3n) is 4.06. The molecule has 5 rings (SSSR count). The Bertz CT molecular complexity index is 868. The van der Waals surface area contributed by atoms with Crippen LogP contribution in [-0.2, 0) is 0 Å². The molecule has 1 heterocycles. The van der Waals surface area contributed by atoms with Gasteiger partial charge in [0.25, 0.3) is 0 Å². The molecule has 0 aliphatic carbocycles. The summed E-state index contributed by atoms with van der Waals surface area (Å²) in [4.78, 5) is 5.47. The van der Waals surface area contributed by atoms with Crippen LogP contribution in [-0.4, -0.2) is 0 Å². The van der Waals surface area contributed by atoms with Crippen LogP contribution in [0.5, 0.6) is 0 Å². The summed E-state index contributed by atoms with van der Waals surface area (Å²) in [6.45, 7) is 0. The second-order valence-electron chi connectivity index (χ2n) is 5.50. The van der Waals surface area contributed by atoms with Gasteiger partial charge in [0.2, 0.25) is 0 Å². The first-order valence-corrected chi connectivity index (χ1v) is 8.91. The fourth-order valence-electron chi connectivity index (χ4n) is 2.95. The Balaban J connectivity index is 1.71. The zero-order valence-electron chi connectivity index (χ0n) is 11.7. The average molecular weight is 316 g/mol. The molecule has 0 fully saturated rings. The minimum absolute atomic E-state index is 1.32. The van der Waals surface area contributed by atoms with E-state index in [1.807, 2.05) is 23.5 Å². The number of rotatable bonds is 0. The van der Waals surface area contributed by atoms with E-state index in [0.717, 1.165) is 0 Å². The van der Waals surface area contributed by atoms with Crippen molar-refractivity contribution in [3.63, 3.8) is 0 Å². The van der Waals surface area contributed by atoms with E-state index in [-0.39, 0.29) is 0 Å². The van der Waals surface area contributed by atoms with Crippen LogP contribution >= 0.6 is 23.5 Å². The van der Waals surface area contributed by atoms with Crippen molar-refractivity contribution < 1.29 is 0 Å². The first-order valence-electron chi connectivity index (χ1n) is 7.28. The third kappa shape index (κ3) is 1.95. The average Bonchev–Trinajstić information content (AvgIpc) is 2.56. The van der Waals surface area contributed by atoms with Gasteiger partial charge in [-0.1, -0.05) is 72.1 Å². The van der Waals surface area contributed by atoms with Gasteiger partial charge in [-0.25, -0.2) is 0 Å². The molecule has 1 aliphatic rings. The predicted octanol–water partition coefficient (Wildman–Crippen LogP) is 6.61. The van der Waals surface area contributed by atoms with Crippen molar-refractivity contribution in [2.24, 2.45) is 0 Å². The summed E-state index contributed by atoms with van der Waals surface area (Å²) in [7, 11) is 0. The van der Waals surface area contributed by atoms with Crippen molar-refractivity contribution in [1.29, 1.82) is 0 Å². The van der Waals surface area contributed by atoms with E-state index >= 15 is 0 Å². The lowest BCUT2D eigenvalue weighted by Gasteiger charge is -2.19. The second-order valence-corrected chi connectivity index (χ2v) is 7.66. The molecule has 4 aromatic rings. The normalized spacial score (nSPS) is 13.1. The van der Waals surface area contributed by atoms with Crippen molar-refractivity contribution in [2.75, 3.05) is 0 Å². The van der Waals surface area contributed by atoms with E-state index in [2.05, 4.69) is 72.8 Å². The summed E-state index contributed by atoms with van der Waals surface area (Å²) in [6, 6.07) is 26.5. The fourth-order valence-corrected chi connectivity index (χ4v) is 5.31. The smallest absolute Gasteiger partial charge is 0.0268 e. The Labute approximate surface area is 137 Å². The quantitative estimate of drug-likeness (QED) is 0.315. The molecule has 22 heavy (non-hydrogen) atoms. The maximum atomic E-state index is 2.32. The van der Waals surface area contributed by atoms with Crippen LogP contribution < -0.4 is 0 Å². The summed E-state index contributed by atoms with van der Waals surface area (Å²) < 4.78 is 0. The largest absolute Gasteiger partial charge is 0.0877 e. The van der Waals surface area contributed by atoms with Crippen LogP contribution in [0.3, 0.4) is 0 Å². The topological polar surface area (TPSA) is 0 Å². The molecule has 0 bridgehead atoms. The molecule has 4 aromatic carbocycles. The Kier molecular flexibility index (Phi) is 2.76. The number of hydrogen-bond donors (Lipinski definition) is 0. The van der Waals surface area contributed by atoms with Gasteiger partial charge < -0.3 is 0 Å². The Morgan fingerprint density at radius 2 is 0.682 bits per heavy atom. The lowest BCUT2D eigenvalue weighted by atomic mass is 10.1. The van der Waals surface area contributed by atoms with Crippen LogP contribution in [0.2, 0.25) is 0 Å². The number of hydrogen-bond acceptors (Lipinski definition) is 2. The zero-order chi connectivity index (χ0) is 14.5. The number of fused-ring (bicyclic) bond motifs is 4. The van der Waals surface area contributed by atoms with Crippen LogP contribution in [0.4, 0.5) is 0 Å². The molecule has 0 aromatic heterocycles. The monoisotopic (exact) mass is 316 g/mol. The maximum Gasteiger partial charge on any atom is 0.0268 e. The van der Waals surface area contributed by atoms with Gasteiger partial charge in [0.1, 0.15) is 0 Å². The summed E-state index contributed by atoms with van der Waals surface area (Å²) in [6.07, 6.45) is 0. The van der Waals surface area contributed by atoms with Gasteiger partial charge >= 0.3 is 0 Å². The van der Waals surface area contributed by atoms with E-state index in [0.29, 0.717) is 0 Å². The summed E-state index contributed by atoms with van der Waals surface area (Å²) in [5.74, 6) is 0. The molecule has 0 amide bonds. The van der Waals surface area contributed by atoms with Gasteiger partial charge in [0.15, 0.2) is 0 Å². The van der Waals surface area contributed by atoms with Crippen LogP contribution in [0.25, 0.3) is 21.5 Å². The first-order chi connectivity index (χ1) is 10.9. The Morgan fingerprint density at radius 3 is 0.955 bits per heavy atom. The van der Waals surface area contributed by atoms with Gasteiger partial charge in [-0.3, -0.25) is 0 Å². The van der Waals surface area contributed by atoms with Crippen LogP contribution in [0.15, 0.2) is 92.4 Å². The number of benzene rings is 4. The van der Waals surface area contributed by atoms with E-state index in [9.17, 15) is 0 Å². The van der Waals surface area contributed by atoms with Crippen LogP contribution in [0.1, 0.15) is 0 Å². The highest BCUT2D eigenvalue weighted by molar-refractivity contribution is 8.05. The van der Waals surface area contributed by atoms with Gasteiger partial charge in [0.05, 0.1) is 0 Å². The van der Waals surface area contributed by atoms with Gasteiger partial charge in [0, 0.05) is 19.6 Å². The SMILES string of the molecule is c1ccc2cc3c(cc2c1)Sc1cc2ccccc2cc1S3. The lowest BCUT2D eigenvalue weighted by molar-refractivity contribution is 1.18. The Morgan fingerprint density at radius 1 is 0.409 bits per heavy atom. The van der Waals surface area contributed by atoms with Gasteiger partial charge in [-0.2, -0.15) is 0 Å². The van der Waals surface area contributed by atoms with Crippen LogP contribution in [0, 0.1) is 0 Å². The van der Waals surface area contributed by atoms with Crippen molar-refractivity contribution >= 4 is 45.1 Å². The van der Waals surface area contributed by atoms with Crippen molar-refractivity contribution in [3.05, 3.63) is 72.8 Å². The molecule has 0 N–H and O–H groups in total. The molecular formula is C20H12S2. The molecule has 0 spiro atoms. The third-order valence-corrected chi connectivity index (χ3v) is 6.55. The highest BCUT2D eigenvalue weighted by Gasteiger charge is 2.18. The minimum atomic E-state index is 1.32. The van der Waals surface area contributed by atoms with Crippen molar-refractivity contribution in [2.45, 2.75) is 19.6 Å². The van der Waals surface area contributed by atoms with E-state index < -0.39 is 0 Å². The van der Waals surface area contributed by atoms with Gasteiger partial charge in [-0.15, -0.1) is 0 Å². The van der Waals surface area contributed by atoms with Crippen molar-refractivity contribution in [1.82, 2.24) is 0 Å². The highest BCUT2D eigenvalue weighted by atomic mass is 32.2. The molecule has 0 saturated carbocycles.